The monoisotopic (exact) mass is 390 g/mol. The van der Waals surface area contributed by atoms with Gasteiger partial charge in [0.25, 0.3) is 0 Å². The van der Waals surface area contributed by atoms with Gasteiger partial charge >= 0.3 is 0 Å². The molecule has 29 heavy (non-hydrogen) atoms. The third-order valence-corrected chi connectivity index (χ3v) is 7.80. The van der Waals surface area contributed by atoms with Gasteiger partial charge in [-0.05, 0) is 92.5 Å². The van der Waals surface area contributed by atoms with Gasteiger partial charge in [0, 0.05) is 23.9 Å². The number of rotatable bonds is 3. The molecule has 0 bridgehead atoms. The van der Waals surface area contributed by atoms with Crippen LogP contribution in [0.4, 0.5) is 0 Å². The molecule has 1 aromatic heterocycles. The summed E-state index contributed by atoms with van der Waals surface area (Å²) in [6, 6.07) is 8.00. The Kier molecular flexibility index (Phi) is 4.56. The summed E-state index contributed by atoms with van der Waals surface area (Å²) < 4.78 is 1.91. The van der Waals surface area contributed by atoms with Crippen molar-refractivity contribution in [1.29, 1.82) is 0 Å². The standard InChI is InChI=1S/C24H30N4O/c1-3-28-13-11-17(27-28)15-25-26-23-9-8-22-21-6-4-16-14-18(29)5-7-19(16)20(21)10-12-24(22,23)2/h5,7,11,13-15,20-22,29H,3-4,6,8-10,12H2,1-2H3/b25-15-,26-23-/t20-,21-,22+,24+/m1/s1. The number of phenolic OH excluding ortho intramolecular Hbond substituents is 1. The molecular formula is C24H30N4O. The number of aromatic nitrogens is 2. The summed E-state index contributed by atoms with van der Waals surface area (Å²) in [7, 11) is 0. The van der Waals surface area contributed by atoms with Crippen molar-refractivity contribution in [3.63, 3.8) is 0 Å². The molecule has 2 fully saturated rings. The molecule has 0 spiro atoms. The molecule has 1 heterocycles. The second kappa shape index (κ2) is 7.12. The van der Waals surface area contributed by atoms with Gasteiger partial charge in [-0.2, -0.15) is 15.3 Å². The van der Waals surface area contributed by atoms with E-state index in [0.717, 1.165) is 31.0 Å². The zero-order valence-electron chi connectivity index (χ0n) is 17.4. The fourth-order valence-corrected chi connectivity index (χ4v) is 6.30. The number of fused-ring (bicyclic) bond motifs is 5. The smallest absolute Gasteiger partial charge is 0.115 e. The van der Waals surface area contributed by atoms with Crippen molar-refractivity contribution in [3.8, 4) is 5.75 Å². The first-order valence-corrected chi connectivity index (χ1v) is 11.0. The van der Waals surface area contributed by atoms with E-state index in [0.29, 0.717) is 17.6 Å². The Balaban J connectivity index is 1.37. The second-order valence-corrected chi connectivity index (χ2v) is 9.18. The SMILES string of the molecule is CCn1ccc(/C=N\N=C2\CC[C@H]3[C@@H]4CCc5cc(O)ccc5[C@H]4CC[C@]23C)n1. The Bertz CT molecular complexity index is 975. The van der Waals surface area contributed by atoms with Crippen LogP contribution in [0.5, 0.6) is 5.75 Å². The fraction of sp³-hybridized carbons (Fsp3) is 0.542. The summed E-state index contributed by atoms with van der Waals surface area (Å²) in [6.45, 7) is 5.37. The lowest BCUT2D eigenvalue weighted by Crippen LogP contribution is -2.42. The van der Waals surface area contributed by atoms with Gasteiger partial charge in [-0.3, -0.25) is 4.68 Å². The minimum atomic E-state index is 0.176. The second-order valence-electron chi connectivity index (χ2n) is 9.18. The Morgan fingerprint density at radius 1 is 1.24 bits per heavy atom. The van der Waals surface area contributed by atoms with Crippen molar-refractivity contribution < 1.29 is 5.11 Å². The predicted molar refractivity (Wildman–Crippen MR) is 116 cm³/mol. The van der Waals surface area contributed by atoms with Crippen LogP contribution in [0.1, 0.15) is 68.7 Å². The predicted octanol–water partition coefficient (Wildman–Crippen LogP) is 4.94. The first-order valence-electron chi connectivity index (χ1n) is 11.0. The summed E-state index contributed by atoms with van der Waals surface area (Å²) in [5.74, 6) is 2.46. The molecule has 152 valence electrons. The van der Waals surface area contributed by atoms with Crippen molar-refractivity contribution in [2.75, 3.05) is 0 Å². The molecule has 2 saturated carbocycles. The summed E-state index contributed by atoms with van der Waals surface area (Å²) in [5.41, 5.74) is 5.17. The number of nitrogens with zero attached hydrogens (tertiary/aromatic N) is 4. The van der Waals surface area contributed by atoms with Crippen LogP contribution in [0.15, 0.2) is 40.7 Å². The van der Waals surface area contributed by atoms with Crippen LogP contribution in [0.25, 0.3) is 0 Å². The van der Waals surface area contributed by atoms with E-state index >= 15 is 0 Å². The van der Waals surface area contributed by atoms with Crippen molar-refractivity contribution >= 4 is 11.9 Å². The Morgan fingerprint density at radius 3 is 2.97 bits per heavy atom. The molecule has 1 N–H and O–H groups in total. The zero-order chi connectivity index (χ0) is 20.0. The van der Waals surface area contributed by atoms with Crippen LogP contribution in [-0.4, -0.2) is 26.8 Å². The summed E-state index contributed by atoms with van der Waals surface area (Å²) in [6.07, 6.45) is 10.7. The van der Waals surface area contributed by atoms with E-state index < -0.39 is 0 Å². The van der Waals surface area contributed by atoms with Gasteiger partial charge in [0.05, 0.1) is 6.21 Å². The van der Waals surface area contributed by atoms with Crippen LogP contribution in [0.2, 0.25) is 0 Å². The van der Waals surface area contributed by atoms with Crippen molar-refractivity contribution in [1.82, 2.24) is 9.78 Å². The van der Waals surface area contributed by atoms with Crippen LogP contribution >= 0.6 is 0 Å². The highest BCUT2D eigenvalue weighted by molar-refractivity contribution is 5.93. The molecule has 0 unspecified atom stereocenters. The Hall–Kier alpha value is -2.43. The maximum atomic E-state index is 9.86. The van der Waals surface area contributed by atoms with Gasteiger partial charge in [-0.25, -0.2) is 0 Å². The van der Waals surface area contributed by atoms with Gasteiger partial charge in [0.15, 0.2) is 0 Å². The number of aryl methyl sites for hydroxylation is 2. The molecule has 0 aliphatic heterocycles. The third-order valence-electron chi connectivity index (χ3n) is 7.80. The van der Waals surface area contributed by atoms with E-state index in [1.807, 2.05) is 29.1 Å². The Labute approximate surface area is 172 Å². The largest absolute Gasteiger partial charge is 0.508 e. The average Bonchev–Trinajstić information content (AvgIpc) is 3.32. The third kappa shape index (κ3) is 3.11. The molecule has 5 rings (SSSR count). The normalized spacial score (nSPS) is 32.3. The molecule has 2 aromatic rings. The van der Waals surface area contributed by atoms with Gasteiger partial charge in [0.2, 0.25) is 0 Å². The van der Waals surface area contributed by atoms with Crippen LogP contribution in [-0.2, 0) is 13.0 Å². The van der Waals surface area contributed by atoms with Crippen LogP contribution in [0, 0.1) is 17.3 Å². The highest BCUT2D eigenvalue weighted by Gasteiger charge is 2.53. The fourth-order valence-electron chi connectivity index (χ4n) is 6.30. The summed E-state index contributed by atoms with van der Waals surface area (Å²) >= 11 is 0. The first-order chi connectivity index (χ1) is 14.1. The topological polar surface area (TPSA) is 62.8 Å². The zero-order valence-corrected chi connectivity index (χ0v) is 17.4. The first kappa shape index (κ1) is 18.6. The molecule has 3 aliphatic rings. The minimum Gasteiger partial charge on any atom is -0.508 e. The van der Waals surface area contributed by atoms with E-state index in [2.05, 4.69) is 30.1 Å². The molecular weight excluding hydrogens is 360 g/mol. The lowest BCUT2D eigenvalue weighted by molar-refractivity contribution is 0.0955. The van der Waals surface area contributed by atoms with Crippen molar-refractivity contribution in [2.24, 2.45) is 27.5 Å². The molecule has 3 aliphatic carbocycles. The molecule has 0 saturated heterocycles. The number of hydrogen-bond acceptors (Lipinski definition) is 4. The van der Waals surface area contributed by atoms with E-state index in [9.17, 15) is 5.11 Å². The van der Waals surface area contributed by atoms with Gasteiger partial charge < -0.3 is 5.11 Å². The van der Waals surface area contributed by atoms with E-state index in [4.69, 9.17) is 5.10 Å². The Morgan fingerprint density at radius 2 is 2.14 bits per heavy atom. The maximum absolute atomic E-state index is 9.86. The van der Waals surface area contributed by atoms with E-state index in [-0.39, 0.29) is 5.41 Å². The lowest BCUT2D eigenvalue weighted by Gasteiger charge is -2.49. The summed E-state index contributed by atoms with van der Waals surface area (Å²) in [4.78, 5) is 0. The molecule has 5 nitrogen and oxygen atoms in total. The molecule has 5 heteroatoms. The van der Waals surface area contributed by atoms with Gasteiger partial charge in [0.1, 0.15) is 11.4 Å². The number of aromatic hydroxyl groups is 1. The average molecular weight is 391 g/mol. The number of hydrogen-bond donors (Lipinski definition) is 1. The summed E-state index contributed by atoms with van der Waals surface area (Å²) in [5, 5.41) is 23.4. The van der Waals surface area contributed by atoms with Crippen molar-refractivity contribution in [3.05, 3.63) is 47.3 Å². The van der Waals surface area contributed by atoms with Crippen molar-refractivity contribution in [2.45, 2.75) is 64.8 Å². The maximum Gasteiger partial charge on any atom is 0.115 e. The van der Waals surface area contributed by atoms with Crippen LogP contribution in [0.3, 0.4) is 0 Å². The van der Waals surface area contributed by atoms with Gasteiger partial charge in [-0.1, -0.05) is 13.0 Å². The molecule has 1 aromatic carbocycles. The molecule has 0 radical (unpaired) electrons. The highest BCUT2D eigenvalue weighted by atomic mass is 16.3. The highest BCUT2D eigenvalue weighted by Crippen LogP contribution is 2.60. The minimum absolute atomic E-state index is 0.176. The van der Waals surface area contributed by atoms with E-state index in [1.54, 1.807) is 6.21 Å². The molecule has 4 atom stereocenters. The number of benzene rings is 1. The van der Waals surface area contributed by atoms with Crippen LogP contribution < -0.4 is 0 Å². The quantitative estimate of drug-likeness (QED) is 0.596. The lowest BCUT2D eigenvalue weighted by atomic mass is 9.55. The number of phenols is 1. The van der Waals surface area contributed by atoms with Gasteiger partial charge in [-0.15, -0.1) is 0 Å². The van der Waals surface area contributed by atoms with E-state index in [1.165, 1.54) is 42.5 Å². The molecule has 0 amide bonds.